The van der Waals surface area contributed by atoms with Gasteiger partial charge < -0.3 is 10.2 Å². The van der Waals surface area contributed by atoms with Crippen molar-refractivity contribution in [1.82, 2.24) is 4.98 Å². The van der Waals surface area contributed by atoms with Crippen LogP contribution in [0.1, 0.15) is 5.56 Å². The molecule has 0 radical (unpaired) electrons. The van der Waals surface area contributed by atoms with E-state index in [1.165, 1.54) is 23.6 Å². The van der Waals surface area contributed by atoms with E-state index in [1.807, 2.05) is 24.3 Å². The fourth-order valence-electron chi connectivity index (χ4n) is 1.79. The molecule has 0 atom stereocenters. The van der Waals surface area contributed by atoms with Gasteiger partial charge in [-0.25, -0.2) is 4.98 Å². The number of thiazole rings is 1. The number of halogens is 2. The molecule has 0 saturated carbocycles. The highest BCUT2D eigenvalue weighted by Crippen LogP contribution is 2.40. The Morgan fingerprint density at radius 1 is 1.18 bits per heavy atom. The van der Waals surface area contributed by atoms with Crippen molar-refractivity contribution in [2.24, 2.45) is 5.10 Å². The van der Waals surface area contributed by atoms with E-state index in [4.69, 9.17) is 23.2 Å². The summed E-state index contributed by atoms with van der Waals surface area (Å²) in [7, 11) is 0. The van der Waals surface area contributed by atoms with Crippen LogP contribution in [-0.4, -0.2) is 21.4 Å². The van der Waals surface area contributed by atoms with Crippen molar-refractivity contribution in [3.8, 4) is 11.5 Å². The molecule has 0 saturated heterocycles. The molecule has 0 fully saturated rings. The first-order chi connectivity index (χ1) is 10.6. The van der Waals surface area contributed by atoms with Gasteiger partial charge in [-0.2, -0.15) is 5.10 Å². The van der Waals surface area contributed by atoms with Crippen molar-refractivity contribution in [2.75, 3.05) is 5.43 Å². The lowest BCUT2D eigenvalue weighted by atomic mass is 10.2. The number of phenolic OH excluding ortho intramolecular Hbond substituents is 2. The minimum Gasteiger partial charge on any atom is -0.506 e. The molecule has 1 aromatic heterocycles. The van der Waals surface area contributed by atoms with E-state index >= 15 is 0 Å². The highest BCUT2D eigenvalue weighted by molar-refractivity contribution is 7.22. The average Bonchev–Trinajstić information content (AvgIpc) is 2.93. The lowest BCUT2D eigenvalue weighted by Gasteiger charge is -2.05. The number of fused-ring (bicyclic) bond motifs is 1. The van der Waals surface area contributed by atoms with Crippen LogP contribution in [-0.2, 0) is 0 Å². The fraction of sp³-hybridized carbons (Fsp3) is 0. The van der Waals surface area contributed by atoms with E-state index in [1.54, 1.807) is 0 Å². The number of para-hydroxylation sites is 1. The molecule has 0 aliphatic rings. The van der Waals surface area contributed by atoms with Crippen LogP contribution in [0, 0.1) is 0 Å². The van der Waals surface area contributed by atoms with Crippen molar-refractivity contribution >= 4 is 56.1 Å². The van der Waals surface area contributed by atoms with E-state index in [2.05, 4.69) is 15.5 Å². The summed E-state index contributed by atoms with van der Waals surface area (Å²) in [4.78, 5) is 4.35. The molecular formula is C14H9Cl2N3O2S. The number of rotatable bonds is 3. The standard InChI is InChI=1S/C14H9Cl2N3O2S/c15-8-5-7(12(20)11(16)13(8)21)6-17-19-14-18-9-3-1-2-4-10(9)22-14/h1-6,20-21H,(H,18,19)/b17-6-. The zero-order chi connectivity index (χ0) is 15.7. The van der Waals surface area contributed by atoms with E-state index in [9.17, 15) is 10.2 Å². The van der Waals surface area contributed by atoms with Gasteiger partial charge >= 0.3 is 0 Å². The molecule has 0 bridgehead atoms. The van der Waals surface area contributed by atoms with Crippen molar-refractivity contribution < 1.29 is 10.2 Å². The number of hydrazone groups is 1. The van der Waals surface area contributed by atoms with Gasteiger partial charge in [-0.15, -0.1) is 0 Å². The zero-order valence-electron chi connectivity index (χ0n) is 10.9. The number of benzene rings is 2. The first-order valence-electron chi connectivity index (χ1n) is 6.11. The molecule has 0 unspecified atom stereocenters. The number of hydrogen-bond donors (Lipinski definition) is 3. The lowest BCUT2D eigenvalue weighted by Crippen LogP contribution is -1.91. The molecule has 3 N–H and O–H groups in total. The van der Waals surface area contributed by atoms with E-state index in [0.717, 1.165) is 10.2 Å². The van der Waals surface area contributed by atoms with Gasteiger partial charge in [-0.1, -0.05) is 46.7 Å². The topological polar surface area (TPSA) is 77.7 Å². The van der Waals surface area contributed by atoms with Crippen molar-refractivity contribution in [1.29, 1.82) is 0 Å². The van der Waals surface area contributed by atoms with Crippen molar-refractivity contribution in [3.05, 3.63) is 45.9 Å². The molecule has 3 aromatic rings. The van der Waals surface area contributed by atoms with E-state index < -0.39 is 0 Å². The van der Waals surface area contributed by atoms with Crippen LogP contribution in [0.15, 0.2) is 35.4 Å². The number of anilines is 1. The molecule has 1 heterocycles. The molecular weight excluding hydrogens is 345 g/mol. The lowest BCUT2D eigenvalue weighted by molar-refractivity contribution is 0.450. The molecule has 8 heteroatoms. The van der Waals surface area contributed by atoms with Crippen LogP contribution < -0.4 is 5.43 Å². The normalized spacial score (nSPS) is 11.4. The zero-order valence-corrected chi connectivity index (χ0v) is 13.2. The molecule has 22 heavy (non-hydrogen) atoms. The highest BCUT2D eigenvalue weighted by Gasteiger charge is 2.13. The van der Waals surface area contributed by atoms with Gasteiger partial charge in [0.25, 0.3) is 0 Å². The summed E-state index contributed by atoms with van der Waals surface area (Å²) in [6.07, 6.45) is 1.35. The largest absolute Gasteiger partial charge is 0.506 e. The summed E-state index contributed by atoms with van der Waals surface area (Å²) in [5, 5.41) is 23.8. The summed E-state index contributed by atoms with van der Waals surface area (Å²) in [5.74, 6) is -0.657. The summed E-state index contributed by atoms with van der Waals surface area (Å²) in [6.45, 7) is 0. The quantitative estimate of drug-likeness (QED) is 0.479. The van der Waals surface area contributed by atoms with Crippen molar-refractivity contribution in [2.45, 2.75) is 0 Å². The van der Waals surface area contributed by atoms with Gasteiger partial charge in [-0.05, 0) is 18.2 Å². The Kier molecular flexibility index (Phi) is 4.06. The van der Waals surface area contributed by atoms with Crippen LogP contribution in [0.4, 0.5) is 5.13 Å². The Bertz CT molecular complexity index is 847. The van der Waals surface area contributed by atoms with Gasteiger partial charge in [0.2, 0.25) is 5.13 Å². The predicted molar refractivity (Wildman–Crippen MR) is 90.6 cm³/mol. The minimum atomic E-state index is -0.364. The minimum absolute atomic E-state index is 0.0317. The number of nitrogens with one attached hydrogen (secondary N) is 1. The SMILES string of the molecule is Oc1c(Cl)cc(/C=N\Nc2nc3ccccc3s2)c(O)c1Cl. The fourth-order valence-corrected chi connectivity index (χ4v) is 3.08. The van der Waals surface area contributed by atoms with E-state index in [0.29, 0.717) is 5.13 Å². The molecule has 2 aromatic carbocycles. The van der Waals surface area contributed by atoms with Crippen LogP contribution in [0.5, 0.6) is 11.5 Å². The second kappa shape index (κ2) is 6.00. The van der Waals surface area contributed by atoms with Gasteiger partial charge in [0.05, 0.1) is 21.5 Å². The van der Waals surface area contributed by atoms with E-state index in [-0.39, 0.29) is 27.1 Å². The van der Waals surface area contributed by atoms with Crippen molar-refractivity contribution in [3.63, 3.8) is 0 Å². The first kappa shape index (κ1) is 14.9. The summed E-state index contributed by atoms with van der Waals surface area (Å²) in [6, 6.07) is 9.08. The third kappa shape index (κ3) is 2.81. The number of phenols is 2. The second-order valence-corrected chi connectivity index (χ2v) is 6.13. The summed E-state index contributed by atoms with van der Waals surface area (Å²) in [5.41, 5.74) is 3.94. The highest BCUT2D eigenvalue weighted by atomic mass is 35.5. The van der Waals surface area contributed by atoms with Crippen LogP contribution in [0.25, 0.3) is 10.2 Å². The first-order valence-corrected chi connectivity index (χ1v) is 7.68. The Morgan fingerprint density at radius 2 is 1.95 bits per heavy atom. The second-order valence-electron chi connectivity index (χ2n) is 4.32. The number of nitrogens with zero attached hydrogens (tertiary/aromatic N) is 2. The number of aromatic hydroxyl groups is 2. The van der Waals surface area contributed by atoms with Gasteiger partial charge in [0, 0.05) is 5.56 Å². The Morgan fingerprint density at radius 3 is 2.73 bits per heavy atom. The monoisotopic (exact) mass is 353 g/mol. The maximum Gasteiger partial charge on any atom is 0.204 e. The maximum absolute atomic E-state index is 9.83. The molecule has 5 nitrogen and oxygen atoms in total. The maximum atomic E-state index is 9.83. The number of aromatic nitrogens is 1. The predicted octanol–water partition coefficient (Wildman–Crippen LogP) is 4.46. The van der Waals surface area contributed by atoms with Crippen LogP contribution in [0.2, 0.25) is 10.0 Å². The number of hydrogen-bond acceptors (Lipinski definition) is 6. The third-order valence-corrected chi connectivity index (χ3v) is 4.44. The Balaban J connectivity index is 1.83. The molecule has 112 valence electrons. The van der Waals surface area contributed by atoms with Gasteiger partial charge in [0.1, 0.15) is 10.8 Å². The van der Waals surface area contributed by atoms with Crippen LogP contribution >= 0.6 is 34.5 Å². The average molecular weight is 354 g/mol. The van der Waals surface area contributed by atoms with Gasteiger partial charge in [-0.3, -0.25) is 5.43 Å². The molecule has 3 rings (SSSR count). The smallest absolute Gasteiger partial charge is 0.204 e. The third-order valence-electron chi connectivity index (χ3n) is 2.86. The Labute approximate surface area is 139 Å². The molecule has 0 aliphatic carbocycles. The molecule has 0 spiro atoms. The summed E-state index contributed by atoms with van der Waals surface area (Å²) >= 11 is 13.0. The summed E-state index contributed by atoms with van der Waals surface area (Å²) < 4.78 is 1.04. The molecule has 0 aliphatic heterocycles. The van der Waals surface area contributed by atoms with Gasteiger partial charge in [0.15, 0.2) is 5.75 Å². The molecule has 0 amide bonds. The van der Waals surface area contributed by atoms with Crippen LogP contribution in [0.3, 0.4) is 0 Å². The Hall–Kier alpha value is -2.02.